The lowest BCUT2D eigenvalue weighted by Gasteiger charge is -2.28. The van der Waals surface area contributed by atoms with Gasteiger partial charge in [-0.3, -0.25) is 0 Å². The Kier molecular flexibility index (Phi) is 5.64. The van der Waals surface area contributed by atoms with Gasteiger partial charge >= 0.3 is 0 Å². The molecule has 1 aromatic carbocycles. The molecule has 1 aliphatic rings. The Hall–Kier alpha value is -1.40. The lowest BCUT2D eigenvalue weighted by molar-refractivity contribution is 0.584. The van der Waals surface area contributed by atoms with Crippen LogP contribution >= 0.6 is 0 Å². The van der Waals surface area contributed by atoms with Crippen LogP contribution in [0.25, 0.3) is 0 Å². The van der Waals surface area contributed by atoms with Gasteiger partial charge in [-0.15, -0.1) is 0 Å². The van der Waals surface area contributed by atoms with Gasteiger partial charge in [-0.25, -0.2) is 4.83 Å². The van der Waals surface area contributed by atoms with Crippen molar-refractivity contribution in [1.82, 2.24) is 4.83 Å². The van der Waals surface area contributed by atoms with E-state index in [1.165, 1.54) is 12.0 Å². The SMILES string of the molecule is C=C1CC1(CCC/C(C)=N/NS(=O)(=O)c1ccc(C)cc1)[Si](C)(C)C. The molecule has 138 valence electrons. The summed E-state index contributed by atoms with van der Waals surface area (Å²) < 4.78 is 24.5. The van der Waals surface area contributed by atoms with Gasteiger partial charge in [-0.2, -0.15) is 13.5 Å². The van der Waals surface area contributed by atoms with Gasteiger partial charge in [0.2, 0.25) is 0 Å². The quantitative estimate of drug-likeness (QED) is 0.304. The zero-order valence-corrected chi connectivity index (χ0v) is 17.8. The summed E-state index contributed by atoms with van der Waals surface area (Å²) in [6, 6.07) is 6.75. The summed E-state index contributed by atoms with van der Waals surface area (Å²) in [4.78, 5) is 2.59. The third-order valence-corrected chi connectivity index (χ3v) is 10.2. The molecule has 6 heteroatoms. The Morgan fingerprint density at radius 3 is 2.32 bits per heavy atom. The van der Waals surface area contributed by atoms with Crippen molar-refractivity contribution in [3.05, 3.63) is 42.0 Å². The van der Waals surface area contributed by atoms with Crippen molar-refractivity contribution < 1.29 is 8.42 Å². The molecule has 0 saturated heterocycles. The van der Waals surface area contributed by atoms with Gasteiger partial charge in [0, 0.05) is 5.71 Å². The van der Waals surface area contributed by atoms with Gasteiger partial charge in [0.1, 0.15) is 0 Å². The standard InChI is InChI=1S/C19H30N2O2SSi/c1-15-9-11-18(12-10-15)24(22,23)21-20-17(3)8-7-13-19(14-16(19)2)25(4,5)6/h9-12,21H,2,7-8,13-14H2,1,3-6H3/b20-17+. The molecule has 0 radical (unpaired) electrons. The normalized spacial score (nSPS) is 21.3. The molecule has 25 heavy (non-hydrogen) atoms. The number of nitrogens with one attached hydrogen (secondary N) is 1. The van der Waals surface area contributed by atoms with Crippen LogP contribution in [0.3, 0.4) is 0 Å². The summed E-state index contributed by atoms with van der Waals surface area (Å²) in [5.41, 5.74) is 3.24. The second kappa shape index (κ2) is 7.07. The molecule has 1 N–H and O–H groups in total. The predicted molar refractivity (Wildman–Crippen MR) is 108 cm³/mol. The molecule has 4 nitrogen and oxygen atoms in total. The monoisotopic (exact) mass is 378 g/mol. The average Bonchev–Trinajstić information content (AvgIpc) is 3.17. The molecule has 0 aromatic heterocycles. The molecule has 0 spiro atoms. The van der Waals surface area contributed by atoms with Crippen molar-refractivity contribution in [2.75, 3.05) is 0 Å². The number of aryl methyl sites for hydroxylation is 1. The molecule has 0 heterocycles. The van der Waals surface area contributed by atoms with Crippen LogP contribution in [0.1, 0.15) is 38.2 Å². The molecule has 1 saturated carbocycles. The van der Waals surface area contributed by atoms with Gasteiger partial charge in [0.05, 0.1) is 13.0 Å². The minimum absolute atomic E-state index is 0.238. The first-order chi connectivity index (χ1) is 11.5. The van der Waals surface area contributed by atoms with Gasteiger partial charge in [0.25, 0.3) is 10.0 Å². The third kappa shape index (κ3) is 4.61. The Morgan fingerprint density at radius 2 is 1.84 bits per heavy atom. The topological polar surface area (TPSA) is 58.5 Å². The van der Waals surface area contributed by atoms with E-state index in [0.717, 1.165) is 30.5 Å². The highest BCUT2D eigenvalue weighted by atomic mass is 32.2. The molecule has 2 rings (SSSR count). The van der Waals surface area contributed by atoms with E-state index in [0.29, 0.717) is 5.04 Å². The first-order valence-electron chi connectivity index (χ1n) is 8.78. The average molecular weight is 379 g/mol. The zero-order valence-electron chi connectivity index (χ0n) is 16.0. The fraction of sp³-hybridized carbons (Fsp3) is 0.526. The predicted octanol–water partition coefficient (Wildman–Crippen LogP) is 4.86. The minimum atomic E-state index is -3.59. The summed E-state index contributed by atoms with van der Waals surface area (Å²) >= 11 is 0. The van der Waals surface area contributed by atoms with Crippen LogP contribution in [0, 0.1) is 6.92 Å². The number of hydrogen-bond acceptors (Lipinski definition) is 3. The second-order valence-electron chi connectivity index (χ2n) is 8.22. The van der Waals surface area contributed by atoms with E-state index in [4.69, 9.17) is 0 Å². The van der Waals surface area contributed by atoms with Crippen LogP contribution in [-0.2, 0) is 10.0 Å². The first-order valence-corrected chi connectivity index (χ1v) is 13.8. The Balaban J connectivity index is 1.90. The smallest absolute Gasteiger partial charge is 0.200 e. The Morgan fingerprint density at radius 1 is 1.28 bits per heavy atom. The van der Waals surface area contributed by atoms with Crippen molar-refractivity contribution in [3.63, 3.8) is 0 Å². The Labute approximate surface area is 153 Å². The molecule has 1 aromatic rings. The molecule has 1 fully saturated rings. The van der Waals surface area contributed by atoms with E-state index in [1.807, 2.05) is 13.8 Å². The number of allylic oxidation sites excluding steroid dienone is 1. The van der Waals surface area contributed by atoms with Crippen LogP contribution in [0.2, 0.25) is 24.7 Å². The minimum Gasteiger partial charge on any atom is -0.200 e. The maximum absolute atomic E-state index is 12.2. The van der Waals surface area contributed by atoms with E-state index >= 15 is 0 Å². The van der Waals surface area contributed by atoms with Crippen molar-refractivity contribution in [1.29, 1.82) is 0 Å². The lowest BCUT2D eigenvalue weighted by atomic mass is 10.1. The maximum atomic E-state index is 12.2. The van der Waals surface area contributed by atoms with Crippen molar-refractivity contribution in [2.45, 2.75) is 69.1 Å². The molecular formula is C19H30N2O2SSi. The van der Waals surface area contributed by atoms with Crippen LogP contribution in [0.15, 0.2) is 46.4 Å². The number of hydrazone groups is 1. The zero-order chi connectivity index (χ0) is 18.9. The third-order valence-electron chi connectivity index (χ3n) is 5.33. The second-order valence-corrected chi connectivity index (χ2v) is 15.3. The van der Waals surface area contributed by atoms with E-state index in [2.05, 4.69) is 36.2 Å². The van der Waals surface area contributed by atoms with Crippen LogP contribution in [0.5, 0.6) is 0 Å². The van der Waals surface area contributed by atoms with Crippen LogP contribution in [-0.4, -0.2) is 22.2 Å². The Bertz CT molecular complexity index is 777. The largest absolute Gasteiger partial charge is 0.276 e. The van der Waals surface area contributed by atoms with Crippen molar-refractivity contribution >= 4 is 23.8 Å². The molecule has 0 amide bonds. The van der Waals surface area contributed by atoms with Gasteiger partial charge in [-0.05, 0) is 56.7 Å². The van der Waals surface area contributed by atoms with Gasteiger partial charge < -0.3 is 0 Å². The van der Waals surface area contributed by atoms with Gasteiger partial charge in [0.15, 0.2) is 0 Å². The molecular weight excluding hydrogens is 348 g/mol. The number of nitrogens with zero attached hydrogens (tertiary/aromatic N) is 1. The maximum Gasteiger partial charge on any atom is 0.276 e. The van der Waals surface area contributed by atoms with E-state index in [9.17, 15) is 8.42 Å². The lowest BCUT2D eigenvalue weighted by Crippen LogP contribution is -2.30. The number of sulfonamides is 1. The number of rotatable bonds is 8. The van der Waals surface area contributed by atoms with Gasteiger partial charge in [-0.1, -0.05) is 49.5 Å². The summed E-state index contributed by atoms with van der Waals surface area (Å²) in [6.07, 6.45) is 4.12. The number of benzene rings is 1. The fourth-order valence-corrected chi connectivity index (χ4v) is 6.97. The summed E-state index contributed by atoms with van der Waals surface area (Å²) in [6.45, 7) is 15.2. The highest BCUT2D eigenvalue weighted by molar-refractivity contribution is 7.89. The van der Waals surface area contributed by atoms with E-state index in [1.54, 1.807) is 24.3 Å². The molecule has 1 unspecified atom stereocenters. The van der Waals surface area contributed by atoms with Crippen molar-refractivity contribution in [3.8, 4) is 0 Å². The first kappa shape index (κ1) is 19.9. The van der Waals surface area contributed by atoms with E-state index in [-0.39, 0.29) is 4.90 Å². The molecule has 0 bridgehead atoms. The van der Waals surface area contributed by atoms with Crippen molar-refractivity contribution in [2.24, 2.45) is 5.10 Å². The summed E-state index contributed by atoms with van der Waals surface area (Å²) in [7, 11) is -4.85. The molecule has 1 atom stereocenters. The fourth-order valence-electron chi connectivity index (χ4n) is 3.37. The highest BCUT2D eigenvalue weighted by Gasteiger charge is 2.55. The molecule has 1 aliphatic carbocycles. The molecule has 0 aliphatic heterocycles. The summed E-state index contributed by atoms with van der Waals surface area (Å²) in [5.74, 6) is 0. The highest BCUT2D eigenvalue weighted by Crippen LogP contribution is 2.67. The number of hydrogen-bond donors (Lipinski definition) is 1. The van der Waals surface area contributed by atoms with Crippen LogP contribution < -0.4 is 4.83 Å². The summed E-state index contributed by atoms with van der Waals surface area (Å²) in [5, 5.41) is 4.47. The van der Waals surface area contributed by atoms with Crippen LogP contribution in [0.4, 0.5) is 0 Å². The van der Waals surface area contributed by atoms with E-state index < -0.39 is 18.1 Å².